The number of aliphatic imine (C=N–C) groups is 1. The summed E-state index contributed by atoms with van der Waals surface area (Å²) < 4.78 is 1.72. The number of hydrogen-bond acceptors (Lipinski definition) is 5. The maximum Gasteiger partial charge on any atom is 0.152 e. The Kier molecular flexibility index (Phi) is 3.12. The molecule has 1 atom stereocenters. The summed E-state index contributed by atoms with van der Waals surface area (Å²) in [6.45, 7) is 2.86. The molecule has 0 spiro atoms. The molecule has 3 aromatic rings. The molecule has 1 unspecified atom stereocenters. The fourth-order valence-electron chi connectivity index (χ4n) is 2.94. The highest BCUT2D eigenvalue weighted by atomic mass is 16.3. The number of aliphatic hydroxyl groups is 1. The molecule has 116 valence electrons. The van der Waals surface area contributed by atoms with Gasteiger partial charge < -0.3 is 10.8 Å². The lowest BCUT2D eigenvalue weighted by Crippen LogP contribution is -2.11. The highest BCUT2D eigenvalue weighted by molar-refractivity contribution is 6.08. The number of aromatic nitrogens is 3. The molecule has 1 aromatic carbocycles. The van der Waals surface area contributed by atoms with Crippen molar-refractivity contribution in [3.63, 3.8) is 0 Å². The fourth-order valence-corrected chi connectivity index (χ4v) is 2.94. The lowest BCUT2D eigenvalue weighted by molar-refractivity contribution is 0.169. The number of allylic oxidation sites excluding steroid dienone is 1. The summed E-state index contributed by atoms with van der Waals surface area (Å²) in [6, 6.07) is 6.16. The molecule has 0 aliphatic carbocycles. The molecular formula is C17H17N5O. The summed E-state index contributed by atoms with van der Waals surface area (Å²) in [5.74, 6) is 0.408. The molecule has 0 saturated carbocycles. The number of fused-ring (bicyclic) bond motifs is 3. The minimum Gasteiger partial charge on any atom is -0.391 e. The summed E-state index contributed by atoms with van der Waals surface area (Å²) in [7, 11) is 0. The molecule has 1 aliphatic rings. The highest BCUT2D eigenvalue weighted by Crippen LogP contribution is 2.29. The van der Waals surface area contributed by atoms with E-state index in [0.29, 0.717) is 24.4 Å². The van der Waals surface area contributed by atoms with Gasteiger partial charge in [0.2, 0.25) is 0 Å². The maximum absolute atomic E-state index is 9.55. The van der Waals surface area contributed by atoms with Crippen molar-refractivity contribution in [2.75, 3.05) is 12.3 Å². The third kappa shape index (κ3) is 2.37. The zero-order chi connectivity index (χ0) is 16.0. The number of benzene rings is 1. The van der Waals surface area contributed by atoms with Crippen molar-refractivity contribution in [1.82, 2.24) is 14.8 Å². The van der Waals surface area contributed by atoms with Crippen molar-refractivity contribution in [3.05, 3.63) is 36.0 Å². The van der Waals surface area contributed by atoms with Crippen LogP contribution in [0.4, 0.5) is 5.82 Å². The Balaban J connectivity index is 1.89. The van der Waals surface area contributed by atoms with Crippen LogP contribution in [0.2, 0.25) is 0 Å². The first-order chi connectivity index (χ1) is 11.1. The lowest BCUT2D eigenvalue weighted by atomic mass is 10.0. The predicted octanol–water partition coefficient (Wildman–Crippen LogP) is 2.02. The van der Waals surface area contributed by atoms with Crippen LogP contribution in [0.25, 0.3) is 27.4 Å². The molecule has 4 rings (SSSR count). The molecule has 3 heterocycles. The van der Waals surface area contributed by atoms with E-state index < -0.39 is 6.10 Å². The van der Waals surface area contributed by atoms with Gasteiger partial charge >= 0.3 is 0 Å². The number of anilines is 1. The Hall–Kier alpha value is -2.73. The molecule has 2 aromatic heterocycles. The monoisotopic (exact) mass is 307 g/mol. The summed E-state index contributed by atoms with van der Waals surface area (Å²) >= 11 is 0. The Labute approximate surface area is 133 Å². The van der Waals surface area contributed by atoms with E-state index in [0.717, 1.165) is 21.9 Å². The lowest BCUT2D eigenvalue weighted by Gasteiger charge is -2.05. The molecule has 6 nitrogen and oxygen atoms in total. The summed E-state index contributed by atoms with van der Waals surface area (Å²) in [5.41, 5.74) is 9.89. The number of nitrogen functional groups attached to an aromatic ring is 1. The number of pyridine rings is 1. The molecular weight excluding hydrogens is 290 g/mol. The van der Waals surface area contributed by atoms with E-state index in [4.69, 9.17) is 5.73 Å². The van der Waals surface area contributed by atoms with Crippen molar-refractivity contribution in [1.29, 1.82) is 0 Å². The normalized spacial score (nSPS) is 15.5. The van der Waals surface area contributed by atoms with Gasteiger partial charge in [0.25, 0.3) is 0 Å². The number of nitrogens with two attached hydrogens (primary N) is 1. The second-order valence-electron chi connectivity index (χ2n) is 5.87. The zero-order valence-electron chi connectivity index (χ0n) is 12.8. The van der Waals surface area contributed by atoms with E-state index in [2.05, 4.69) is 21.1 Å². The van der Waals surface area contributed by atoms with Crippen molar-refractivity contribution in [3.8, 4) is 0 Å². The largest absolute Gasteiger partial charge is 0.391 e. The Bertz CT molecular complexity index is 968. The van der Waals surface area contributed by atoms with Crippen LogP contribution in [0.15, 0.2) is 35.5 Å². The first-order valence-electron chi connectivity index (χ1n) is 7.55. The van der Waals surface area contributed by atoms with Crippen LogP contribution in [0.3, 0.4) is 0 Å². The van der Waals surface area contributed by atoms with Crippen LogP contribution >= 0.6 is 0 Å². The SMILES string of the molecule is CC(O)Cn1cc2c(n1)c(N)nc1cc(C3=CC=NC3)ccc12. The minimum absolute atomic E-state index is 0.408. The number of aliphatic hydroxyl groups excluding tert-OH is 1. The molecule has 0 radical (unpaired) electrons. The van der Waals surface area contributed by atoms with Gasteiger partial charge in [-0.2, -0.15) is 5.10 Å². The van der Waals surface area contributed by atoms with Gasteiger partial charge in [0.05, 0.1) is 24.7 Å². The Morgan fingerprint density at radius 3 is 2.96 bits per heavy atom. The van der Waals surface area contributed by atoms with Gasteiger partial charge in [0, 0.05) is 23.2 Å². The van der Waals surface area contributed by atoms with Crippen LogP contribution in [0, 0.1) is 0 Å². The van der Waals surface area contributed by atoms with E-state index in [-0.39, 0.29) is 0 Å². The van der Waals surface area contributed by atoms with Gasteiger partial charge in [-0.3, -0.25) is 9.67 Å². The standard InChI is InChI=1S/C17H17N5O/c1-10(23)8-22-9-14-13-3-2-11(12-4-5-19-7-12)6-15(13)20-17(18)16(14)21-22/h2-6,9-10,23H,7-8H2,1H3,(H2,18,20). The molecule has 0 amide bonds. The fraction of sp³-hybridized carbons (Fsp3) is 0.235. The van der Waals surface area contributed by atoms with Gasteiger partial charge in [-0.15, -0.1) is 0 Å². The number of nitrogens with zero attached hydrogens (tertiary/aromatic N) is 4. The Morgan fingerprint density at radius 2 is 2.22 bits per heavy atom. The van der Waals surface area contributed by atoms with Crippen molar-refractivity contribution in [2.24, 2.45) is 4.99 Å². The summed E-state index contributed by atoms with van der Waals surface area (Å²) in [6.07, 6.45) is 5.29. The van der Waals surface area contributed by atoms with Crippen LogP contribution < -0.4 is 5.73 Å². The van der Waals surface area contributed by atoms with Gasteiger partial charge in [0.15, 0.2) is 5.82 Å². The third-order valence-electron chi connectivity index (χ3n) is 4.00. The van der Waals surface area contributed by atoms with E-state index in [1.165, 1.54) is 5.57 Å². The average molecular weight is 307 g/mol. The van der Waals surface area contributed by atoms with E-state index in [1.807, 2.05) is 30.6 Å². The summed E-state index contributed by atoms with van der Waals surface area (Å²) in [4.78, 5) is 8.72. The number of hydrogen-bond donors (Lipinski definition) is 2. The molecule has 1 aliphatic heterocycles. The van der Waals surface area contributed by atoms with Crippen molar-refractivity contribution in [2.45, 2.75) is 19.6 Å². The summed E-state index contributed by atoms with van der Waals surface area (Å²) in [5, 5.41) is 15.9. The first-order valence-corrected chi connectivity index (χ1v) is 7.55. The topological polar surface area (TPSA) is 89.3 Å². The zero-order valence-corrected chi connectivity index (χ0v) is 12.8. The van der Waals surface area contributed by atoms with Crippen LogP contribution in [-0.2, 0) is 6.54 Å². The molecule has 3 N–H and O–H groups in total. The first kappa shape index (κ1) is 13.9. The second-order valence-corrected chi connectivity index (χ2v) is 5.87. The van der Waals surface area contributed by atoms with Gasteiger partial charge in [-0.05, 0) is 30.2 Å². The van der Waals surface area contributed by atoms with E-state index >= 15 is 0 Å². The second kappa shape index (κ2) is 5.17. The van der Waals surface area contributed by atoms with Crippen LogP contribution in [0.5, 0.6) is 0 Å². The van der Waals surface area contributed by atoms with Gasteiger partial charge in [0.1, 0.15) is 5.52 Å². The molecule has 23 heavy (non-hydrogen) atoms. The number of rotatable bonds is 3. The maximum atomic E-state index is 9.55. The Morgan fingerprint density at radius 1 is 1.35 bits per heavy atom. The van der Waals surface area contributed by atoms with Crippen LogP contribution in [-0.4, -0.2) is 38.7 Å². The molecule has 0 bridgehead atoms. The van der Waals surface area contributed by atoms with Crippen molar-refractivity contribution < 1.29 is 5.11 Å². The van der Waals surface area contributed by atoms with E-state index in [9.17, 15) is 5.11 Å². The molecule has 6 heteroatoms. The average Bonchev–Trinajstić information content (AvgIpc) is 3.15. The molecule has 0 saturated heterocycles. The van der Waals surface area contributed by atoms with Crippen molar-refractivity contribution >= 4 is 39.4 Å². The highest BCUT2D eigenvalue weighted by Gasteiger charge is 2.13. The smallest absolute Gasteiger partial charge is 0.152 e. The quantitative estimate of drug-likeness (QED) is 0.774. The van der Waals surface area contributed by atoms with Crippen LogP contribution in [0.1, 0.15) is 12.5 Å². The molecule has 0 fully saturated rings. The van der Waals surface area contributed by atoms with E-state index in [1.54, 1.807) is 11.6 Å². The predicted molar refractivity (Wildman–Crippen MR) is 92.5 cm³/mol. The van der Waals surface area contributed by atoms with Gasteiger partial charge in [-0.1, -0.05) is 12.1 Å². The minimum atomic E-state index is -0.467. The third-order valence-corrected chi connectivity index (χ3v) is 4.00. The van der Waals surface area contributed by atoms with Gasteiger partial charge in [-0.25, -0.2) is 4.98 Å².